The van der Waals surface area contributed by atoms with Gasteiger partial charge in [0, 0.05) is 6.61 Å². The van der Waals surface area contributed by atoms with Crippen LogP contribution in [-0.4, -0.2) is 24.4 Å². The van der Waals surface area contributed by atoms with Gasteiger partial charge in [-0.1, -0.05) is 13.8 Å². The van der Waals surface area contributed by atoms with E-state index in [1.165, 1.54) is 0 Å². The highest BCUT2D eigenvalue weighted by atomic mass is 16.5. The lowest BCUT2D eigenvalue weighted by atomic mass is 10.3. The smallest absolute Gasteiger partial charge is 0.0771 e. The maximum absolute atomic E-state index is 8.94. The van der Waals surface area contributed by atoms with Crippen LogP contribution in [0.2, 0.25) is 0 Å². The third-order valence-electron chi connectivity index (χ3n) is 1.07. The normalized spacial score (nSPS) is 13.7. The highest BCUT2D eigenvalue weighted by Gasteiger charge is 1.97. The van der Waals surface area contributed by atoms with Gasteiger partial charge in [0.25, 0.3) is 0 Å². The first-order valence-electron chi connectivity index (χ1n) is 3.36. The molecule has 0 saturated carbocycles. The first-order valence-corrected chi connectivity index (χ1v) is 3.36. The van der Waals surface area contributed by atoms with Crippen molar-refractivity contribution in [1.29, 1.82) is 0 Å². The van der Waals surface area contributed by atoms with Gasteiger partial charge in [-0.3, -0.25) is 0 Å². The summed E-state index contributed by atoms with van der Waals surface area (Å²) in [4.78, 5) is 0. The van der Waals surface area contributed by atoms with Crippen LogP contribution in [0.4, 0.5) is 0 Å². The maximum atomic E-state index is 8.94. The van der Waals surface area contributed by atoms with Gasteiger partial charge in [0.1, 0.15) is 0 Å². The first kappa shape index (κ1) is 8.92. The van der Waals surface area contributed by atoms with Gasteiger partial charge in [0.2, 0.25) is 0 Å². The van der Waals surface area contributed by atoms with Gasteiger partial charge >= 0.3 is 0 Å². The zero-order valence-corrected chi connectivity index (χ0v) is 5.97. The Balaban J connectivity index is 2.88. The standard InChI is InChI=1S/C7H15O2/c1-3-5-9-6-7(8)4-2/h7-8H,1,3-6H2,2H3. The number of hydrogen-bond acceptors (Lipinski definition) is 2. The van der Waals surface area contributed by atoms with Crippen LogP contribution in [0.5, 0.6) is 0 Å². The molecule has 9 heavy (non-hydrogen) atoms. The summed E-state index contributed by atoms with van der Waals surface area (Å²) in [5, 5.41) is 8.94. The molecule has 0 amide bonds. The quantitative estimate of drug-likeness (QED) is 0.564. The molecule has 0 heterocycles. The Labute approximate surface area is 56.8 Å². The molecule has 0 rings (SSSR count). The molecule has 2 heteroatoms. The molecule has 0 fully saturated rings. The van der Waals surface area contributed by atoms with Crippen molar-refractivity contribution in [3.63, 3.8) is 0 Å². The Bertz CT molecular complexity index is 54.9. The monoisotopic (exact) mass is 131 g/mol. The largest absolute Gasteiger partial charge is 0.391 e. The molecule has 1 N–H and O–H groups in total. The third kappa shape index (κ3) is 5.80. The SMILES string of the molecule is [CH2]CCOCC(O)CC. The molecule has 1 atom stereocenters. The highest BCUT2D eigenvalue weighted by Crippen LogP contribution is 1.90. The van der Waals surface area contributed by atoms with E-state index in [2.05, 4.69) is 6.92 Å². The number of aliphatic hydroxyl groups is 1. The van der Waals surface area contributed by atoms with Crippen LogP contribution >= 0.6 is 0 Å². The van der Waals surface area contributed by atoms with E-state index in [1.807, 2.05) is 6.92 Å². The minimum absolute atomic E-state index is 0.295. The van der Waals surface area contributed by atoms with Crippen LogP contribution < -0.4 is 0 Å². The summed E-state index contributed by atoms with van der Waals surface area (Å²) in [7, 11) is 0. The van der Waals surface area contributed by atoms with Gasteiger partial charge in [-0.2, -0.15) is 0 Å². The van der Waals surface area contributed by atoms with Crippen LogP contribution in [0.15, 0.2) is 0 Å². The molecule has 1 unspecified atom stereocenters. The summed E-state index contributed by atoms with van der Waals surface area (Å²) in [5.41, 5.74) is 0. The lowest BCUT2D eigenvalue weighted by molar-refractivity contribution is 0.0368. The Morgan fingerprint density at radius 2 is 2.33 bits per heavy atom. The van der Waals surface area contributed by atoms with Crippen molar-refractivity contribution in [2.45, 2.75) is 25.9 Å². The van der Waals surface area contributed by atoms with Crippen molar-refractivity contribution in [1.82, 2.24) is 0 Å². The third-order valence-corrected chi connectivity index (χ3v) is 1.07. The molecular weight excluding hydrogens is 116 g/mol. The van der Waals surface area contributed by atoms with Crippen LogP contribution in [0, 0.1) is 6.92 Å². The molecule has 0 aliphatic heterocycles. The second-order valence-electron chi connectivity index (χ2n) is 1.99. The van der Waals surface area contributed by atoms with E-state index < -0.39 is 0 Å². The molecule has 0 bridgehead atoms. The van der Waals surface area contributed by atoms with E-state index in [0.29, 0.717) is 13.2 Å². The lowest BCUT2D eigenvalue weighted by Gasteiger charge is -2.06. The molecule has 2 nitrogen and oxygen atoms in total. The van der Waals surface area contributed by atoms with Crippen LogP contribution in [0.1, 0.15) is 19.8 Å². The molecule has 0 aromatic heterocycles. The topological polar surface area (TPSA) is 29.5 Å². The molecule has 55 valence electrons. The summed E-state index contributed by atoms with van der Waals surface area (Å²) in [6.45, 7) is 6.63. The number of ether oxygens (including phenoxy) is 1. The second kappa shape index (κ2) is 6.05. The van der Waals surface area contributed by atoms with Gasteiger partial charge in [-0.05, 0) is 12.8 Å². The maximum Gasteiger partial charge on any atom is 0.0771 e. The van der Waals surface area contributed by atoms with Crippen LogP contribution in [0.3, 0.4) is 0 Å². The van der Waals surface area contributed by atoms with Crippen molar-refractivity contribution in [2.75, 3.05) is 13.2 Å². The first-order chi connectivity index (χ1) is 4.31. The van der Waals surface area contributed by atoms with Crippen molar-refractivity contribution in [2.24, 2.45) is 0 Å². The molecule has 0 spiro atoms. The Kier molecular flexibility index (Phi) is 5.99. The fraction of sp³-hybridized carbons (Fsp3) is 0.857. The zero-order chi connectivity index (χ0) is 7.11. The van der Waals surface area contributed by atoms with Crippen LogP contribution in [0.25, 0.3) is 0 Å². The predicted molar refractivity (Wildman–Crippen MR) is 37.1 cm³/mol. The number of rotatable bonds is 5. The lowest BCUT2D eigenvalue weighted by Crippen LogP contribution is -2.13. The minimum atomic E-state index is -0.295. The van der Waals surface area contributed by atoms with E-state index >= 15 is 0 Å². The van der Waals surface area contributed by atoms with Gasteiger partial charge in [0.15, 0.2) is 0 Å². The second-order valence-corrected chi connectivity index (χ2v) is 1.99. The predicted octanol–water partition coefficient (Wildman–Crippen LogP) is 0.998. The average molecular weight is 131 g/mol. The molecule has 0 saturated heterocycles. The van der Waals surface area contributed by atoms with E-state index in [-0.39, 0.29) is 6.10 Å². The van der Waals surface area contributed by atoms with E-state index in [9.17, 15) is 0 Å². The Morgan fingerprint density at radius 3 is 2.78 bits per heavy atom. The molecule has 0 aliphatic carbocycles. The molecular formula is C7H15O2. The van der Waals surface area contributed by atoms with Gasteiger partial charge in [-0.15, -0.1) is 0 Å². The highest BCUT2D eigenvalue weighted by molar-refractivity contribution is 4.48. The summed E-state index contributed by atoms with van der Waals surface area (Å²) < 4.78 is 5.02. The summed E-state index contributed by atoms with van der Waals surface area (Å²) in [6.07, 6.45) is 1.24. The van der Waals surface area contributed by atoms with Gasteiger partial charge in [-0.25, -0.2) is 0 Å². The molecule has 1 radical (unpaired) electrons. The van der Waals surface area contributed by atoms with Crippen molar-refractivity contribution in [3.8, 4) is 0 Å². The van der Waals surface area contributed by atoms with E-state index in [0.717, 1.165) is 12.8 Å². The van der Waals surface area contributed by atoms with Crippen molar-refractivity contribution >= 4 is 0 Å². The zero-order valence-electron chi connectivity index (χ0n) is 5.97. The molecule has 0 aliphatic rings. The number of aliphatic hydroxyl groups excluding tert-OH is 1. The number of hydrogen-bond donors (Lipinski definition) is 1. The summed E-state index contributed by atoms with van der Waals surface area (Å²) in [5.74, 6) is 0. The average Bonchev–Trinajstić information content (AvgIpc) is 1.89. The van der Waals surface area contributed by atoms with E-state index in [4.69, 9.17) is 9.84 Å². The molecule has 0 aromatic rings. The fourth-order valence-electron chi connectivity index (χ4n) is 0.439. The molecule has 0 aromatic carbocycles. The Morgan fingerprint density at radius 1 is 1.67 bits per heavy atom. The fourth-order valence-corrected chi connectivity index (χ4v) is 0.439. The van der Waals surface area contributed by atoms with Gasteiger partial charge in [0.05, 0.1) is 12.7 Å². The summed E-state index contributed by atoms with van der Waals surface area (Å²) >= 11 is 0. The minimum Gasteiger partial charge on any atom is -0.391 e. The van der Waals surface area contributed by atoms with E-state index in [1.54, 1.807) is 0 Å². The van der Waals surface area contributed by atoms with Crippen molar-refractivity contribution in [3.05, 3.63) is 6.92 Å². The summed E-state index contributed by atoms with van der Waals surface area (Å²) in [6, 6.07) is 0. The van der Waals surface area contributed by atoms with Crippen molar-refractivity contribution < 1.29 is 9.84 Å². The van der Waals surface area contributed by atoms with Gasteiger partial charge < -0.3 is 9.84 Å². The van der Waals surface area contributed by atoms with Crippen LogP contribution in [-0.2, 0) is 4.74 Å². The Hall–Kier alpha value is -0.0800.